The second kappa shape index (κ2) is 14.7. The predicted octanol–water partition coefficient (Wildman–Crippen LogP) is 5.82. The Labute approximate surface area is 261 Å². The quantitative estimate of drug-likeness (QED) is 0.157. The number of anilines is 2. The van der Waals surface area contributed by atoms with Crippen LogP contribution in [0.25, 0.3) is 0 Å². The van der Waals surface area contributed by atoms with Crippen LogP contribution in [0.5, 0.6) is 11.5 Å². The van der Waals surface area contributed by atoms with Crippen LogP contribution in [0.1, 0.15) is 28.6 Å². The molecule has 230 valence electrons. The summed E-state index contributed by atoms with van der Waals surface area (Å²) in [4.78, 5) is 40.5. The molecule has 0 saturated heterocycles. The van der Waals surface area contributed by atoms with Gasteiger partial charge in [0.1, 0.15) is 11.9 Å². The highest BCUT2D eigenvalue weighted by molar-refractivity contribution is 7.99. The number of aryl methyl sites for hydroxylation is 2. The Bertz CT molecular complexity index is 1580. The van der Waals surface area contributed by atoms with Gasteiger partial charge in [-0.1, -0.05) is 30.0 Å². The second-order valence-corrected chi connectivity index (χ2v) is 11.3. The summed E-state index contributed by atoms with van der Waals surface area (Å²) < 4.78 is 24.7. The third-order valence-corrected chi connectivity index (χ3v) is 7.64. The molecule has 2 amide bonds. The number of nitrogens with one attached hydrogen (secondary N) is 1. The third-order valence-electron chi connectivity index (χ3n) is 6.81. The summed E-state index contributed by atoms with van der Waals surface area (Å²) >= 11 is 1.19. The van der Waals surface area contributed by atoms with Gasteiger partial charge in [-0.2, -0.15) is 0 Å². The average molecular weight is 618 g/mol. The largest absolute Gasteiger partial charge is 0.493 e. The molecule has 11 heteroatoms. The summed E-state index contributed by atoms with van der Waals surface area (Å²) in [5.41, 5.74) is 4.28. The van der Waals surface area contributed by atoms with Gasteiger partial charge >= 0.3 is 0 Å². The molecule has 0 radical (unpaired) electrons. The number of rotatable bonds is 12. The average Bonchev–Trinajstić information content (AvgIpc) is 3.00. The van der Waals surface area contributed by atoms with Gasteiger partial charge in [0.25, 0.3) is 5.91 Å². The Balaban J connectivity index is 1.75. The maximum absolute atomic E-state index is 14.2. The lowest BCUT2D eigenvalue weighted by atomic mass is 10.0. The molecule has 1 aromatic heterocycles. The number of amides is 2. The highest BCUT2D eigenvalue weighted by Gasteiger charge is 2.33. The number of carbonyl (C=O) groups excluding carboxylic acids is 2. The molecule has 0 aliphatic heterocycles. The first-order chi connectivity index (χ1) is 21.1. The van der Waals surface area contributed by atoms with Gasteiger partial charge in [-0.15, -0.1) is 0 Å². The number of benzene rings is 3. The van der Waals surface area contributed by atoms with Crippen molar-refractivity contribution in [3.8, 4) is 11.5 Å². The smallest absolute Gasteiger partial charge is 0.251 e. The van der Waals surface area contributed by atoms with E-state index in [1.807, 2.05) is 51.0 Å². The van der Waals surface area contributed by atoms with Crippen molar-refractivity contribution in [3.05, 3.63) is 101 Å². The monoisotopic (exact) mass is 617 g/mol. The van der Waals surface area contributed by atoms with Gasteiger partial charge in [0.15, 0.2) is 16.7 Å². The van der Waals surface area contributed by atoms with Gasteiger partial charge in [-0.3, -0.25) is 9.59 Å². The Morgan fingerprint density at radius 3 is 2.11 bits per heavy atom. The molecule has 1 heterocycles. The summed E-state index contributed by atoms with van der Waals surface area (Å²) in [6.07, 6.45) is 0. The maximum Gasteiger partial charge on any atom is 0.251 e. The third kappa shape index (κ3) is 8.25. The summed E-state index contributed by atoms with van der Waals surface area (Å²) in [6, 6.07) is 19.1. The predicted molar refractivity (Wildman–Crippen MR) is 171 cm³/mol. The molecule has 0 aliphatic carbocycles. The van der Waals surface area contributed by atoms with Crippen molar-refractivity contribution in [3.63, 3.8) is 0 Å². The number of methoxy groups -OCH3 is 2. The van der Waals surface area contributed by atoms with Crippen molar-refractivity contribution < 1.29 is 23.5 Å². The van der Waals surface area contributed by atoms with Crippen LogP contribution in [-0.2, 0) is 16.1 Å². The fourth-order valence-corrected chi connectivity index (χ4v) is 5.46. The highest BCUT2D eigenvalue weighted by atomic mass is 32.2. The van der Waals surface area contributed by atoms with E-state index in [9.17, 15) is 14.0 Å². The molecule has 0 bridgehead atoms. The van der Waals surface area contributed by atoms with Crippen LogP contribution >= 0.6 is 11.8 Å². The van der Waals surface area contributed by atoms with Crippen molar-refractivity contribution in [2.45, 2.75) is 31.6 Å². The minimum absolute atomic E-state index is 0.0291. The first-order valence-corrected chi connectivity index (χ1v) is 14.9. The van der Waals surface area contributed by atoms with E-state index in [1.165, 1.54) is 43.0 Å². The van der Waals surface area contributed by atoms with Gasteiger partial charge in [0, 0.05) is 43.4 Å². The lowest BCUT2D eigenvalue weighted by Gasteiger charge is -2.32. The van der Waals surface area contributed by atoms with E-state index < -0.39 is 17.8 Å². The zero-order valence-corrected chi connectivity index (χ0v) is 26.4. The number of hydrogen-bond acceptors (Lipinski definition) is 8. The molecule has 0 aliphatic rings. The first-order valence-electron chi connectivity index (χ1n) is 13.9. The fraction of sp³-hybridized carbons (Fsp3) is 0.273. The van der Waals surface area contributed by atoms with Crippen LogP contribution in [0.4, 0.5) is 15.8 Å². The minimum Gasteiger partial charge on any atom is -0.493 e. The van der Waals surface area contributed by atoms with Crippen LogP contribution < -0.4 is 19.7 Å². The molecule has 0 spiro atoms. The van der Waals surface area contributed by atoms with Crippen LogP contribution in [0.2, 0.25) is 0 Å². The van der Waals surface area contributed by atoms with Gasteiger partial charge < -0.3 is 24.6 Å². The highest BCUT2D eigenvalue weighted by Crippen LogP contribution is 2.34. The van der Waals surface area contributed by atoms with Crippen LogP contribution in [0.3, 0.4) is 0 Å². The van der Waals surface area contributed by atoms with Crippen LogP contribution in [0.15, 0.2) is 78.0 Å². The molecule has 44 heavy (non-hydrogen) atoms. The molecule has 9 nitrogen and oxygen atoms in total. The van der Waals surface area contributed by atoms with Crippen LogP contribution in [0, 0.1) is 19.7 Å². The van der Waals surface area contributed by atoms with E-state index in [0.29, 0.717) is 33.5 Å². The summed E-state index contributed by atoms with van der Waals surface area (Å²) in [6.45, 7) is 3.77. The van der Waals surface area contributed by atoms with E-state index in [1.54, 1.807) is 42.5 Å². The molecular weight excluding hydrogens is 581 g/mol. The molecule has 0 saturated carbocycles. The molecular formula is C33H36FN5O4S. The van der Waals surface area contributed by atoms with E-state index in [-0.39, 0.29) is 18.2 Å². The maximum atomic E-state index is 14.2. The number of hydrogen-bond donors (Lipinski definition) is 1. The van der Waals surface area contributed by atoms with Crippen molar-refractivity contribution in [1.82, 2.24) is 14.9 Å². The zero-order valence-electron chi connectivity index (χ0n) is 25.6. The minimum atomic E-state index is -1.08. The number of ether oxygens (including phenoxy) is 2. The molecule has 1 atom stereocenters. The topological polar surface area (TPSA) is 96.9 Å². The Kier molecular flexibility index (Phi) is 10.8. The number of carbonyl (C=O) groups is 2. The Morgan fingerprint density at radius 2 is 1.52 bits per heavy atom. The van der Waals surface area contributed by atoms with Crippen molar-refractivity contribution >= 4 is 35.0 Å². The number of aromatic nitrogens is 2. The van der Waals surface area contributed by atoms with E-state index in [2.05, 4.69) is 15.3 Å². The Hall–Kier alpha value is -4.64. The fourth-order valence-electron chi connectivity index (χ4n) is 4.63. The normalized spacial score (nSPS) is 11.4. The van der Waals surface area contributed by atoms with E-state index >= 15 is 0 Å². The number of halogens is 1. The van der Waals surface area contributed by atoms with E-state index in [0.717, 1.165) is 17.1 Å². The molecule has 4 aromatic rings. The van der Waals surface area contributed by atoms with Gasteiger partial charge in [0.2, 0.25) is 5.91 Å². The van der Waals surface area contributed by atoms with E-state index in [4.69, 9.17) is 9.47 Å². The number of nitrogens with zero attached hydrogens (tertiary/aromatic N) is 4. The lowest BCUT2D eigenvalue weighted by molar-refractivity contribution is -0.137. The second-order valence-electron chi connectivity index (χ2n) is 10.3. The lowest BCUT2D eigenvalue weighted by Crippen LogP contribution is -2.41. The van der Waals surface area contributed by atoms with Gasteiger partial charge in [0.05, 0.1) is 20.0 Å². The summed E-state index contributed by atoms with van der Waals surface area (Å²) in [7, 11) is 6.89. The van der Waals surface area contributed by atoms with Crippen LogP contribution in [-0.4, -0.2) is 60.8 Å². The number of thioether (sulfide) groups is 1. The molecule has 0 unspecified atom stereocenters. The van der Waals surface area contributed by atoms with Crippen molar-refractivity contribution in [2.75, 3.05) is 44.3 Å². The standard InChI is InChI=1S/C33H36FN5O4S/c1-21-17-22(2)36-33(35-21)44-20-30(40)39(19-23-7-10-25(34)11-8-23)31(24-9-16-28(42-5)29(18-24)43-6)32(41)37-26-12-14-27(15-13-26)38(3)4/h7-18,31H,19-20H2,1-6H3,(H,37,41)/t31-/m1/s1. The molecule has 4 rings (SSSR count). The molecule has 0 fully saturated rings. The summed E-state index contributed by atoms with van der Waals surface area (Å²) in [5.74, 6) is -0.306. The zero-order chi connectivity index (χ0) is 31.8. The van der Waals surface area contributed by atoms with Crippen molar-refractivity contribution in [1.29, 1.82) is 0 Å². The molecule has 3 aromatic carbocycles. The first kappa shape index (κ1) is 32.3. The SMILES string of the molecule is COc1ccc([C@H](C(=O)Nc2ccc(N(C)C)cc2)N(Cc2ccc(F)cc2)C(=O)CSc2nc(C)cc(C)n2)cc1OC. The van der Waals surface area contributed by atoms with Crippen molar-refractivity contribution in [2.24, 2.45) is 0 Å². The van der Waals surface area contributed by atoms with Gasteiger partial charge in [-0.05, 0) is 79.6 Å². The van der Waals surface area contributed by atoms with Gasteiger partial charge in [-0.25, -0.2) is 14.4 Å². The Morgan fingerprint density at radius 1 is 0.886 bits per heavy atom. The summed E-state index contributed by atoms with van der Waals surface area (Å²) in [5, 5.41) is 3.44. The molecule has 1 N–H and O–H groups in total.